The Bertz CT molecular complexity index is 489. The molecule has 4 nitrogen and oxygen atoms in total. The minimum atomic E-state index is -0.962. The van der Waals surface area contributed by atoms with Crippen LogP contribution in [-0.2, 0) is 11.2 Å². The van der Waals surface area contributed by atoms with Crippen molar-refractivity contribution in [1.82, 2.24) is 0 Å². The smallest absolute Gasteiger partial charge is 0.306 e. The molecule has 0 amide bonds. The van der Waals surface area contributed by atoms with E-state index in [1.807, 2.05) is 0 Å². The molecule has 1 heterocycles. The van der Waals surface area contributed by atoms with Crippen LogP contribution >= 0.6 is 15.9 Å². The number of carbonyl (C=O) groups is 1. The number of fused-ring (bicyclic) bond motifs is 1. The van der Waals surface area contributed by atoms with Gasteiger partial charge in [0.15, 0.2) is 11.5 Å². The molecule has 0 saturated carbocycles. The van der Waals surface area contributed by atoms with Crippen LogP contribution < -0.4 is 9.47 Å². The minimum Gasteiger partial charge on any atom is -0.486 e. The molecule has 2 rings (SSSR count). The van der Waals surface area contributed by atoms with E-state index in [1.165, 1.54) is 13.0 Å². The molecular formula is C12H12BrFO4. The zero-order valence-corrected chi connectivity index (χ0v) is 11.3. The average Bonchev–Trinajstić information content (AvgIpc) is 2.34. The van der Waals surface area contributed by atoms with E-state index in [2.05, 4.69) is 15.9 Å². The average molecular weight is 319 g/mol. The van der Waals surface area contributed by atoms with E-state index in [4.69, 9.17) is 14.6 Å². The van der Waals surface area contributed by atoms with Gasteiger partial charge in [0.1, 0.15) is 19.0 Å². The highest BCUT2D eigenvalue weighted by molar-refractivity contribution is 9.10. The number of hydrogen-bond acceptors (Lipinski definition) is 3. The van der Waals surface area contributed by atoms with E-state index in [9.17, 15) is 9.18 Å². The van der Waals surface area contributed by atoms with Crippen LogP contribution in [0.25, 0.3) is 0 Å². The second kappa shape index (κ2) is 5.14. The quantitative estimate of drug-likeness (QED) is 0.930. The van der Waals surface area contributed by atoms with Crippen molar-refractivity contribution in [2.75, 3.05) is 13.2 Å². The summed E-state index contributed by atoms with van der Waals surface area (Å²) in [6.07, 6.45) is 0.0956. The van der Waals surface area contributed by atoms with Gasteiger partial charge in [-0.3, -0.25) is 4.79 Å². The summed E-state index contributed by atoms with van der Waals surface area (Å²) < 4.78 is 25.0. The van der Waals surface area contributed by atoms with Gasteiger partial charge in [-0.2, -0.15) is 0 Å². The molecule has 1 aliphatic rings. The zero-order valence-electron chi connectivity index (χ0n) is 9.70. The van der Waals surface area contributed by atoms with E-state index in [1.54, 1.807) is 0 Å². The SMILES string of the molecule is CC(Cc1c(F)cc2c(c1Br)OCCO2)C(=O)O. The number of rotatable bonds is 3. The number of aliphatic carboxylic acids is 1. The Morgan fingerprint density at radius 1 is 1.56 bits per heavy atom. The van der Waals surface area contributed by atoms with Crippen molar-refractivity contribution in [1.29, 1.82) is 0 Å². The lowest BCUT2D eigenvalue weighted by Gasteiger charge is -2.22. The van der Waals surface area contributed by atoms with Gasteiger partial charge in [0.2, 0.25) is 0 Å². The van der Waals surface area contributed by atoms with Gasteiger partial charge in [0.05, 0.1) is 10.4 Å². The normalized spacial score (nSPS) is 15.3. The van der Waals surface area contributed by atoms with Crippen LogP contribution in [0.3, 0.4) is 0 Å². The Morgan fingerprint density at radius 3 is 2.89 bits per heavy atom. The fourth-order valence-electron chi connectivity index (χ4n) is 1.74. The lowest BCUT2D eigenvalue weighted by molar-refractivity contribution is -0.141. The first-order valence-electron chi connectivity index (χ1n) is 5.50. The summed E-state index contributed by atoms with van der Waals surface area (Å²) in [5, 5.41) is 8.87. The Morgan fingerprint density at radius 2 is 2.22 bits per heavy atom. The molecule has 0 bridgehead atoms. The number of carboxylic acid groups (broad SMARTS) is 1. The van der Waals surface area contributed by atoms with Gasteiger partial charge >= 0.3 is 5.97 Å². The highest BCUT2D eigenvalue weighted by Gasteiger charge is 2.24. The van der Waals surface area contributed by atoms with Crippen molar-refractivity contribution in [3.05, 3.63) is 21.9 Å². The standard InChI is InChI=1S/C12H12BrFO4/c1-6(12(15)16)4-7-8(14)5-9-11(10(7)13)18-3-2-17-9/h5-6H,2-4H2,1H3,(H,15,16). The van der Waals surface area contributed by atoms with Crippen molar-refractivity contribution in [2.45, 2.75) is 13.3 Å². The van der Waals surface area contributed by atoms with Gasteiger partial charge in [0, 0.05) is 11.6 Å². The molecule has 98 valence electrons. The van der Waals surface area contributed by atoms with Crippen LogP contribution in [0, 0.1) is 11.7 Å². The molecule has 0 radical (unpaired) electrons. The monoisotopic (exact) mass is 318 g/mol. The molecule has 6 heteroatoms. The second-order valence-corrected chi connectivity index (χ2v) is 4.91. The van der Waals surface area contributed by atoms with Crippen LogP contribution in [0.2, 0.25) is 0 Å². The molecule has 0 fully saturated rings. The number of ether oxygens (including phenoxy) is 2. The highest BCUT2D eigenvalue weighted by atomic mass is 79.9. The number of benzene rings is 1. The van der Waals surface area contributed by atoms with E-state index in [0.717, 1.165) is 0 Å². The molecule has 1 aliphatic heterocycles. The molecule has 1 atom stereocenters. The maximum absolute atomic E-state index is 13.9. The van der Waals surface area contributed by atoms with Crippen LogP contribution in [-0.4, -0.2) is 24.3 Å². The third kappa shape index (κ3) is 2.43. The summed E-state index contributed by atoms with van der Waals surface area (Å²) >= 11 is 3.26. The minimum absolute atomic E-state index is 0.0956. The number of halogens is 2. The van der Waals surface area contributed by atoms with E-state index in [-0.39, 0.29) is 6.42 Å². The van der Waals surface area contributed by atoms with Gasteiger partial charge in [-0.05, 0) is 22.4 Å². The van der Waals surface area contributed by atoms with Crippen LogP contribution in [0.15, 0.2) is 10.5 Å². The lowest BCUT2D eigenvalue weighted by Crippen LogP contribution is -2.18. The first-order chi connectivity index (χ1) is 8.50. The van der Waals surface area contributed by atoms with Crippen molar-refractivity contribution in [2.24, 2.45) is 5.92 Å². The largest absolute Gasteiger partial charge is 0.486 e. The number of hydrogen-bond donors (Lipinski definition) is 1. The summed E-state index contributed by atoms with van der Waals surface area (Å²) in [6.45, 7) is 2.31. The Kier molecular flexibility index (Phi) is 3.75. The number of carboxylic acids is 1. The summed E-state index contributed by atoms with van der Waals surface area (Å²) in [4.78, 5) is 10.8. The van der Waals surface area contributed by atoms with Crippen molar-refractivity contribution >= 4 is 21.9 Å². The van der Waals surface area contributed by atoms with Gasteiger partial charge in [-0.25, -0.2) is 4.39 Å². The molecule has 0 aromatic heterocycles. The van der Waals surface area contributed by atoms with Crippen LogP contribution in [0.4, 0.5) is 4.39 Å². The van der Waals surface area contributed by atoms with Gasteiger partial charge in [-0.15, -0.1) is 0 Å². The second-order valence-electron chi connectivity index (χ2n) is 4.12. The van der Waals surface area contributed by atoms with Crippen molar-refractivity contribution < 1.29 is 23.8 Å². The molecule has 1 aromatic carbocycles. The molecule has 0 saturated heterocycles. The lowest BCUT2D eigenvalue weighted by atomic mass is 10.0. The summed E-state index contributed by atoms with van der Waals surface area (Å²) in [5.41, 5.74) is 0.300. The Labute approximate surface area is 112 Å². The maximum Gasteiger partial charge on any atom is 0.306 e. The molecule has 0 spiro atoms. The molecule has 18 heavy (non-hydrogen) atoms. The van der Waals surface area contributed by atoms with Gasteiger partial charge in [0.25, 0.3) is 0 Å². The molecule has 1 N–H and O–H groups in total. The third-order valence-electron chi connectivity index (χ3n) is 2.75. The fraction of sp³-hybridized carbons (Fsp3) is 0.417. The topological polar surface area (TPSA) is 55.8 Å². The van der Waals surface area contributed by atoms with Gasteiger partial charge < -0.3 is 14.6 Å². The summed E-state index contributed by atoms with van der Waals surface area (Å²) in [5.74, 6) is -1.33. The highest BCUT2D eigenvalue weighted by Crippen LogP contribution is 2.41. The molecule has 1 unspecified atom stereocenters. The van der Waals surface area contributed by atoms with Crippen molar-refractivity contribution in [3.8, 4) is 11.5 Å². The third-order valence-corrected chi connectivity index (χ3v) is 3.59. The van der Waals surface area contributed by atoms with Crippen LogP contribution in [0.1, 0.15) is 12.5 Å². The van der Waals surface area contributed by atoms with Crippen LogP contribution in [0.5, 0.6) is 11.5 Å². The van der Waals surface area contributed by atoms with E-state index < -0.39 is 17.7 Å². The van der Waals surface area contributed by atoms with E-state index >= 15 is 0 Å². The first-order valence-corrected chi connectivity index (χ1v) is 6.29. The Hall–Kier alpha value is -1.30. The van der Waals surface area contributed by atoms with E-state index in [0.29, 0.717) is 34.7 Å². The predicted molar refractivity (Wildman–Crippen MR) is 65.6 cm³/mol. The maximum atomic E-state index is 13.9. The van der Waals surface area contributed by atoms with Gasteiger partial charge in [-0.1, -0.05) is 6.92 Å². The first kappa shape index (κ1) is 13.1. The predicted octanol–water partition coefficient (Wildman–Crippen LogP) is 2.62. The summed E-state index contributed by atoms with van der Waals surface area (Å²) in [7, 11) is 0. The molecular weight excluding hydrogens is 307 g/mol. The fourth-order valence-corrected chi connectivity index (χ4v) is 2.40. The Balaban J connectivity index is 2.38. The molecule has 1 aromatic rings. The van der Waals surface area contributed by atoms with Crippen molar-refractivity contribution in [3.63, 3.8) is 0 Å². The molecule has 0 aliphatic carbocycles. The zero-order chi connectivity index (χ0) is 13.3. The summed E-state index contributed by atoms with van der Waals surface area (Å²) in [6, 6.07) is 1.24.